The maximum Gasteiger partial charge on any atom is 0.0641 e. The van der Waals surface area contributed by atoms with E-state index >= 15 is 0 Å². The molecule has 0 saturated carbocycles. The second-order valence-electron chi connectivity index (χ2n) is 2.69. The van der Waals surface area contributed by atoms with Gasteiger partial charge < -0.3 is 5.73 Å². The maximum absolute atomic E-state index is 5.88. The van der Waals surface area contributed by atoms with Crippen LogP contribution in [0.2, 0.25) is 5.02 Å². The third kappa shape index (κ3) is 1.38. The van der Waals surface area contributed by atoms with Gasteiger partial charge in [-0.1, -0.05) is 23.7 Å². The molecule has 0 amide bonds. The molecule has 0 bridgehead atoms. The van der Waals surface area contributed by atoms with Crippen LogP contribution in [-0.4, -0.2) is 10.2 Å². The molecule has 0 radical (unpaired) electrons. The first-order valence-electron chi connectivity index (χ1n) is 3.82. The van der Waals surface area contributed by atoms with E-state index in [9.17, 15) is 0 Å². The summed E-state index contributed by atoms with van der Waals surface area (Å²) in [5.74, 6) is 0. The van der Waals surface area contributed by atoms with Crippen molar-refractivity contribution in [3.63, 3.8) is 0 Å². The zero-order valence-corrected chi connectivity index (χ0v) is 7.55. The van der Waals surface area contributed by atoms with Gasteiger partial charge in [-0.3, -0.25) is 5.10 Å². The number of halogens is 1. The lowest BCUT2D eigenvalue weighted by atomic mass is 10.1. The van der Waals surface area contributed by atoms with E-state index in [0.717, 1.165) is 11.1 Å². The molecule has 0 spiro atoms. The molecular formula is C9H8ClN3. The molecule has 0 saturated heterocycles. The number of nitrogens with one attached hydrogen (secondary N) is 1. The minimum Gasteiger partial charge on any atom is -0.397 e. The SMILES string of the molecule is Nc1c(Cl)cccc1-c1cn[nH]c1. The first-order chi connectivity index (χ1) is 6.29. The summed E-state index contributed by atoms with van der Waals surface area (Å²) in [6.45, 7) is 0. The molecule has 1 aromatic carbocycles. The van der Waals surface area contributed by atoms with Gasteiger partial charge in [-0.05, 0) is 6.07 Å². The predicted octanol–water partition coefficient (Wildman–Crippen LogP) is 2.31. The van der Waals surface area contributed by atoms with Crippen molar-refractivity contribution in [1.29, 1.82) is 0 Å². The fraction of sp³-hybridized carbons (Fsp3) is 0. The van der Waals surface area contributed by atoms with Gasteiger partial charge in [0.2, 0.25) is 0 Å². The Hall–Kier alpha value is -1.48. The van der Waals surface area contributed by atoms with Crippen LogP contribution in [0.5, 0.6) is 0 Å². The second kappa shape index (κ2) is 3.11. The van der Waals surface area contributed by atoms with Gasteiger partial charge in [-0.15, -0.1) is 0 Å². The van der Waals surface area contributed by atoms with Crippen LogP contribution in [0.1, 0.15) is 0 Å². The summed E-state index contributed by atoms with van der Waals surface area (Å²) in [6.07, 6.45) is 3.49. The van der Waals surface area contributed by atoms with Crippen LogP contribution in [-0.2, 0) is 0 Å². The number of hydrogen-bond donors (Lipinski definition) is 2. The first-order valence-corrected chi connectivity index (χ1v) is 4.20. The van der Waals surface area contributed by atoms with Gasteiger partial charge in [0.05, 0.1) is 16.9 Å². The van der Waals surface area contributed by atoms with E-state index in [1.54, 1.807) is 18.5 Å². The van der Waals surface area contributed by atoms with E-state index < -0.39 is 0 Å². The number of anilines is 1. The smallest absolute Gasteiger partial charge is 0.0641 e. The molecule has 2 rings (SSSR count). The van der Waals surface area contributed by atoms with Crippen LogP contribution >= 0.6 is 11.6 Å². The minimum absolute atomic E-state index is 0.568. The molecule has 66 valence electrons. The Morgan fingerprint density at radius 3 is 2.92 bits per heavy atom. The molecule has 2 aromatic rings. The summed E-state index contributed by atoms with van der Waals surface area (Å²) >= 11 is 5.88. The Balaban J connectivity index is 2.59. The molecule has 0 fully saturated rings. The van der Waals surface area contributed by atoms with Gasteiger partial charge in [-0.25, -0.2) is 0 Å². The van der Waals surface area contributed by atoms with E-state index in [4.69, 9.17) is 17.3 Å². The molecule has 0 aliphatic rings. The normalized spacial score (nSPS) is 10.2. The van der Waals surface area contributed by atoms with Gasteiger partial charge >= 0.3 is 0 Å². The monoisotopic (exact) mass is 193 g/mol. The van der Waals surface area contributed by atoms with Gasteiger partial charge in [0.15, 0.2) is 0 Å². The second-order valence-corrected chi connectivity index (χ2v) is 3.10. The number of para-hydroxylation sites is 1. The van der Waals surface area contributed by atoms with Crippen LogP contribution in [0.3, 0.4) is 0 Å². The number of nitrogens with zero attached hydrogens (tertiary/aromatic N) is 1. The highest BCUT2D eigenvalue weighted by Crippen LogP contribution is 2.30. The van der Waals surface area contributed by atoms with E-state index in [-0.39, 0.29) is 0 Å². The Bertz CT molecular complexity index is 409. The number of aromatic nitrogens is 2. The van der Waals surface area contributed by atoms with Crippen LogP contribution in [0.15, 0.2) is 30.6 Å². The van der Waals surface area contributed by atoms with Crippen molar-refractivity contribution in [2.75, 3.05) is 5.73 Å². The van der Waals surface area contributed by atoms with Crippen molar-refractivity contribution >= 4 is 17.3 Å². The molecule has 4 heteroatoms. The van der Waals surface area contributed by atoms with Gasteiger partial charge in [0.25, 0.3) is 0 Å². The zero-order chi connectivity index (χ0) is 9.26. The van der Waals surface area contributed by atoms with Gasteiger partial charge in [0, 0.05) is 17.3 Å². The number of H-pyrrole nitrogens is 1. The molecule has 0 atom stereocenters. The highest BCUT2D eigenvalue weighted by molar-refractivity contribution is 6.33. The summed E-state index contributed by atoms with van der Waals surface area (Å²) in [5, 5.41) is 7.14. The van der Waals surface area contributed by atoms with Crippen molar-refractivity contribution in [2.24, 2.45) is 0 Å². The summed E-state index contributed by atoms with van der Waals surface area (Å²) < 4.78 is 0. The molecule has 0 aliphatic carbocycles. The molecule has 13 heavy (non-hydrogen) atoms. The molecule has 1 aromatic heterocycles. The summed E-state index contributed by atoms with van der Waals surface area (Å²) in [5.41, 5.74) is 8.24. The summed E-state index contributed by atoms with van der Waals surface area (Å²) in [7, 11) is 0. The van der Waals surface area contributed by atoms with Crippen LogP contribution in [0.25, 0.3) is 11.1 Å². The number of nitrogens with two attached hydrogens (primary N) is 1. The average Bonchev–Trinajstić information content (AvgIpc) is 2.62. The number of nitrogen functional groups attached to an aromatic ring is 1. The molecule has 1 heterocycles. The predicted molar refractivity (Wildman–Crippen MR) is 53.4 cm³/mol. The van der Waals surface area contributed by atoms with E-state index in [0.29, 0.717) is 10.7 Å². The highest BCUT2D eigenvalue weighted by Gasteiger charge is 2.05. The third-order valence-corrected chi connectivity index (χ3v) is 2.19. The average molecular weight is 194 g/mol. The van der Waals surface area contributed by atoms with Crippen LogP contribution in [0, 0.1) is 0 Å². The zero-order valence-electron chi connectivity index (χ0n) is 6.79. The quantitative estimate of drug-likeness (QED) is 0.683. The minimum atomic E-state index is 0.568. The van der Waals surface area contributed by atoms with Crippen LogP contribution < -0.4 is 5.73 Å². The van der Waals surface area contributed by atoms with Gasteiger partial charge in [-0.2, -0.15) is 5.10 Å². The first kappa shape index (κ1) is 8.13. The summed E-state index contributed by atoms with van der Waals surface area (Å²) in [4.78, 5) is 0. The Morgan fingerprint density at radius 2 is 2.23 bits per heavy atom. The molecule has 3 nitrogen and oxygen atoms in total. The topological polar surface area (TPSA) is 54.7 Å². The Kier molecular flexibility index (Phi) is 1.94. The van der Waals surface area contributed by atoms with Crippen molar-refractivity contribution in [2.45, 2.75) is 0 Å². The summed E-state index contributed by atoms with van der Waals surface area (Å²) in [6, 6.07) is 5.54. The van der Waals surface area contributed by atoms with Gasteiger partial charge in [0.1, 0.15) is 0 Å². The van der Waals surface area contributed by atoms with E-state index in [1.807, 2.05) is 12.1 Å². The van der Waals surface area contributed by atoms with E-state index in [2.05, 4.69) is 10.2 Å². The molecule has 3 N–H and O–H groups in total. The maximum atomic E-state index is 5.88. The number of rotatable bonds is 1. The number of benzene rings is 1. The van der Waals surface area contributed by atoms with E-state index in [1.165, 1.54) is 0 Å². The Labute approximate surface area is 80.5 Å². The largest absolute Gasteiger partial charge is 0.397 e. The standard InChI is InChI=1S/C9H8ClN3/c10-8-3-1-2-7(9(8)11)6-4-12-13-5-6/h1-5H,11H2,(H,12,13). The third-order valence-electron chi connectivity index (χ3n) is 1.86. The number of hydrogen-bond acceptors (Lipinski definition) is 2. The lowest BCUT2D eigenvalue weighted by Gasteiger charge is -2.03. The molecular weight excluding hydrogens is 186 g/mol. The van der Waals surface area contributed by atoms with Crippen molar-refractivity contribution in [3.05, 3.63) is 35.6 Å². The number of aromatic amines is 1. The van der Waals surface area contributed by atoms with Crippen molar-refractivity contribution in [1.82, 2.24) is 10.2 Å². The van der Waals surface area contributed by atoms with Crippen molar-refractivity contribution < 1.29 is 0 Å². The fourth-order valence-electron chi connectivity index (χ4n) is 1.19. The van der Waals surface area contributed by atoms with Crippen molar-refractivity contribution in [3.8, 4) is 11.1 Å². The highest BCUT2D eigenvalue weighted by atomic mass is 35.5. The molecule has 0 aliphatic heterocycles. The van der Waals surface area contributed by atoms with Crippen LogP contribution in [0.4, 0.5) is 5.69 Å². The lowest BCUT2D eigenvalue weighted by molar-refractivity contribution is 1.09. The fourth-order valence-corrected chi connectivity index (χ4v) is 1.36. The molecule has 0 unspecified atom stereocenters. The lowest BCUT2D eigenvalue weighted by Crippen LogP contribution is -1.89. The Morgan fingerprint density at radius 1 is 1.38 bits per heavy atom.